The third-order valence-corrected chi connectivity index (χ3v) is 4.76. The molecule has 1 aliphatic rings. The lowest BCUT2D eigenvalue weighted by Gasteiger charge is -2.19. The summed E-state index contributed by atoms with van der Waals surface area (Å²) in [5.74, 6) is 0.0882. The second-order valence-electron chi connectivity index (χ2n) is 5.02. The molecule has 1 N–H and O–H groups in total. The number of nitrogens with zero attached hydrogens (tertiary/aromatic N) is 2. The van der Waals surface area contributed by atoms with Gasteiger partial charge in [0, 0.05) is 9.92 Å². The summed E-state index contributed by atoms with van der Waals surface area (Å²) in [6.07, 6.45) is 0.0184. The van der Waals surface area contributed by atoms with Crippen LogP contribution in [0.2, 0.25) is 15.1 Å². The van der Waals surface area contributed by atoms with Crippen molar-refractivity contribution in [2.45, 2.75) is 11.3 Å². The van der Waals surface area contributed by atoms with Crippen molar-refractivity contribution < 1.29 is 13.6 Å². The minimum atomic E-state index is -2.30. The third kappa shape index (κ3) is 3.96. The van der Waals surface area contributed by atoms with E-state index in [1.165, 1.54) is 41.4 Å². The molecule has 6 nitrogen and oxygen atoms in total. The van der Waals surface area contributed by atoms with E-state index in [2.05, 4.69) is 10.4 Å². The number of aliphatic imine (C=N–C) groups is 1. The molecule has 0 spiro atoms. The SMILES string of the molecule is O=C1CC(=Nc2ccc(S(=O)[O-])cc2)NN1c1c(Cl)cc(Cl)cc1Cl. The van der Waals surface area contributed by atoms with E-state index in [1.807, 2.05) is 0 Å². The first-order valence-electron chi connectivity index (χ1n) is 6.86. The molecule has 1 heterocycles. The van der Waals surface area contributed by atoms with Crippen molar-refractivity contribution in [3.63, 3.8) is 0 Å². The number of amides is 1. The van der Waals surface area contributed by atoms with Crippen molar-refractivity contribution >= 4 is 69.0 Å². The smallest absolute Gasteiger partial charge is 0.253 e. The van der Waals surface area contributed by atoms with Gasteiger partial charge in [-0.25, -0.2) is 10.0 Å². The summed E-state index contributed by atoms with van der Waals surface area (Å²) in [6.45, 7) is 0. The van der Waals surface area contributed by atoms with Gasteiger partial charge in [-0.05, 0) is 47.5 Å². The monoisotopic (exact) mass is 416 g/mol. The zero-order valence-corrected chi connectivity index (χ0v) is 15.4. The summed E-state index contributed by atoms with van der Waals surface area (Å²) < 4.78 is 21.7. The maximum atomic E-state index is 12.3. The molecule has 0 bridgehead atoms. The van der Waals surface area contributed by atoms with Crippen LogP contribution in [0.15, 0.2) is 46.3 Å². The molecule has 1 unspecified atom stereocenters. The predicted octanol–water partition coefficient (Wildman–Crippen LogP) is 3.86. The maximum Gasteiger partial charge on any atom is 0.253 e. The predicted molar refractivity (Wildman–Crippen MR) is 97.4 cm³/mol. The molecule has 0 radical (unpaired) electrons. The first-order valence-corrected chi connectivity index (χ1v) is 9.07. The molecule has 1 fully saturated rings. The van der Waals surface area contributed by atoms with Gasteiger partial charge >= 0.3 is 0 Å². The second kappa shape index (κ2) is 7.31. The largest absolute Gasteiger partial charge is 0.768 e. The van der Waals surface area contributed by atoms with Gasteiger partial charge in [-0.2, -0.15) is 0 Å². The van der Waals surface area contributed by atoms with E-state index in [1.54, 1.807) is 0 Å². The summed E-state index contributed by atoms with van der Waals surface area (Å²) in [5.41, 5.74) is 3.64. The number of anilines is 1. The summed E-state index contributed by atoms with van der Waals surface area (Å²) in [7, 11) is 0. The van der Waals surface area contributed by atoms with Crippen LogP contribution >= 0.6 is 34.8 Å². The zero-order chi connectivity index (χ0) is 18.1. The van der Waals surface area contributed by atoms with Crippen LogP contribution in [-0.4, -0.2) is 20.5 Å². The van der Waals surface area contributed by atoms with E-state index in [-0.39, 0.29) is 27.3 Å². The van der Waals surface area contributed by atoms with Crippen molar-refractivity contribution in [2.75, 3.05) is 5.01 Å². The fraction of sp³-hybridized carbons (Fsp3) is 0.0667. The van der Waals surface area contributed by atoms with Gasteiger partial charge in [-0.1, -0.05) is 34.8 Å². The summed E-state index contributed by atoms with van der Waals surface area (Å²) in [4.78, 5) is 16.7. The topological polar surface area (TPSA) is 84.8 Å². The third-order valence-electron chi connectivity index (χ3n) is 3.31. The molecular formula is C15H9Cl3N3O3S-. The standard InChI is InChI=1S/C15H10Cl3N3O3S/c16-8-5-11(17)15(12(18)6-8)21-14(22)7-13(20-21)19-9-1-3-10(4-2-9)25(23)24/h1-6H,7H2,(H,19,20)(H,23,24)/p-1. The summed E-state index contributed by atoms with van der Waals surface area (Å²) in [5, 5.41) is 2.01. The molecule has 0 saturated carbocycles. The van der Waals surface area contributed by atoms with Crippen molar-refractivity contribution in [3.05, 3.63) is 51.5 Å². The minimum Gasteiger partial charge on any atom is -0.768 e. The number of carbonyl (C=O) groups excluding carboxylic acids is 1. The van der Waals surface area contributed by atoms with Gasteiger partial charge in [0.05, 0.1) is 22.2 Å². The zero-order valence-electron chi connectivity index (χ0n) is 12.3. The van der Waals surface area contributed by atoms with E-state index in [9.17, 15) is 13.6 Å². The molecule has 3 rings (SSSR count). The highest BCUT2D eigenvalue weighted by molar-refractivity contribution is 7.79. The summed E-state index contributed by atoms with van der Waals surface area (Å²) >= 11 is 15.8. The van der Waals surface area contributed by atoms with E-state index >= 15 is 0 Å². The average molecular weight is 418 g/mol. The normalized spacial score (nSPS) is 17.0. The number of benzene rings is 2. The Balaban J connectivity index is 1.86. The van der Waals surface area contributed by atoms with Crippen molar-refractivity contribution in [3.8, 4) is 0 Å². The molecule has 0 aromatic heterocycles. The van der Waals surface area contributed by atoms with Crippen LogP contribution in [0.25, 0.3) is 0 Å². The van der Waals surface area contributed by atoms with E-state index in [0.717, 1.165) is 0 Å². The highest BCUT2D eigenvalue weighted by atomic mass is 35.5. The highest BCUT2D eigenvalue weighted by Gasteiger charge is 2.30. The van der Waals surface area contributed by atoms with Crippen molar-refractivity contribution in [2.24, 2.45) is 4.99 Å². The number of amidine groups is 1. The first kappa shape index (κ1) is 18.2. The molecule has 1 atom stereocenters. The number of halogens is 3. The van der Waals surface area contributed by atoms with Crippen molar-refractivity contribution in [1.82, 2.24) is 5.43 Å². The van der Waals surface area contributed by atoms with Crippen LogP contribution in [0.5, 0.6) is 0 Å². The highest BCUT2D eigenvalue weighted by Crippen LogP contribution is 2.37. The van der Waals surface area contributed by atoms with Gasteiger partial charge < -0.3 is 4.55 Å². The summed E-state index contributed by atoms with van der Waals surface area (Å²) in [6, 6.07) is 8.88. The van der Waals surface area contributed by atoms with Gasteiger partial charge in [-0.3, -0.25) is 14.4 Å². The Bertz CT molecular complexity index is 880. The lowest BCUT2D eigenvalue weighted by atomic mass is 10.3. The number of rotatable bonds is 3. The molecule has 1 saturated heterocycles. The number of hydrazine groups is 1. The number of hydrogen-bond donors (Lipinski definition) is 1. The fourth-order valence-electron chi connectivity index (χ4n) is 2.23. The Hall–Kier alpha value is -1.64. The lowest BCUT2D eigenvalue weighted by Crippen LogP contribution is -2.36. The Labute approximate surface area is 160 Å². The van der Waals surface area contributed by atoms with Crippen LogP contribution in [0.3, 0.4) is 0 Å². The molecule has 25 heavy (non-hydrogen) atoms. The Morgan fingerprint density at radius 2 is 1.72 bits per heavy atom. The number of carbonyl (C=O) groups is 1. The van der Waals surface area contributed by atoms with Gasteiger partial charge in [0.1, 0.15) is 11.5 Å². The van der Waals surface area contributed by atoms with Gasteiger partial charge in [-0.15, -0.1) is 0 Å². The second-order valence-corrected chi connectivity index (χ2v) is 7.21. The number of nitrogens with one attached hydrogen (secondary N) is 1. The Morgan fingerprint density at radius 1 is 1.12 bits per heavy atom. The maximum absolute atomic E-state index is 12.3. The van der Waals surface area contributed by atoms with E-state index < -0.39 is 11.1 Å². The molecule has 1 amide bonds. The minimum absolute atomic E-state index is 0.0184. The molecule has 2 aromatic rings. The Kier molecular flexibility index (Phi) is 5.31. The quantitative estimate of drug-likeness (QED) is 0.769. The van der Waals surface area contributed by atoms with Crippen LogP contribution in [-0.2, 0) is 15.9 Å². The molecule has 0 aliphatic carbocycles. The lowest BCUT2D eigenvalue weighted by molar-refractivity contribution is -0.116. The van der Waals surface area contributed by atoms with E-state index in [0.29, 0.717) is 22.2 Å². The van der Waals surface area contributed by atoms with Gasteiger partial charge in [0.25, 0.3) is 5.91 Å². The molecular weight excluding hydrogens is 409 g/mol. The Morgan fingerprint density at radius 3 is 2.28 bits per heavy atom. The molecule has 2 aromatic carbocycles. The van der Waals surface area contributed by atoms with Crippen LogP contribution < -0.4 is 10.4 Å². The van der Waals surface area contributed by atoms with Crippen molar-refractivity contribution in [1.29, 1.82) is 0 Å². The van der Waals surface area contributed by atoms with Crippen LogP contribution in [0.1, 0.15) is 6.42 Å². The molecule has 10 heteroatoms. The fourth-order valence-corrected chi connectivity index (χ4v) is 3.58. The first-order chi connectivity index (χ1) is 11.8. The van der Waals surface area contributed by atoms with Crippen LogP contribution in [0.4, 0.5) is 11.4 Å². The molecule has 1 aliphatic heterocycles. The van der Waals surface area contributed by atoms with E-state index in [4.69, 9.17) is 34.8 Å². The molecule has 130 valence electrons. The van der Waals surface area contributed by atoms with Crippen LogP contribution in [0, 0.1) is 0 Å². The average Bonchev–Trinajstić information content (AvgIpc) is 2.87. The van der Waals surface area contributed by atoms with Gasteiger partial charge in [0.2, 0.25) is 0 Å². The number of hydrogen-bond acceptors (Lipinski definition) is 4. The van der Waals surface area contributed by atoms with Gasteiger partial charge in [0.15, 0.2) is 0 Å².